The normalized spacial score (nSPS) is 25.2. The highest BCUT2D eigenvalue weighted by Crippen LogP contribution is 2.31. The van der Waals surface area contributed by atoms with Crippen molar-refractivity contribution in [2.45, 2.75) is 36.1 Å². The first-order chi connectivity index (χ1) is 11.8. The highest BCUT2D eigenvalue weighted by atomic mass is 32.2. The predicted octanol–water partition coefficient (Wildman–Crippen LogP) is 0.522. The number of rotatable bonds is 4. The minimum Gasteiger partial charge on any atom is -0.479 e. The van der Waals surface area contributed by atoms with Gasteiger partial charge >= 0.3 is 5.97 Å². The van der Waals surface area contributed by atoms with E-state index in [1.54, 1.807) is 12.1 Å². The lowest BCUT2D eigenvalue weighted by Crippen LogP contribution is -2.54. The van der Waals surface area contributed by atoms with E-state index >= 15 is 0 Å². The summed E-state index contributed by atoms with van der Waals surface area (Å²) in [6.07, 6.45) is -0.0198. The molecule has 25 heavy (non-hydrogen) atoms. The summed E-state index contributed by atoms with van der Waals surface area (Å²) in [5.74, 6) is -1.47. The van der Waals surface area contributed by atoms with Gasteiger partial charge in [0.25, 0.3) is 10.0 Å². The molecule has 3 heterocycles. The molecule has 0 bridgehead atoms. The van der Waals surface area contributed by atoms with E-state index in [1.807, 2.05) is 6.92 Å². The van der Waals surface area contributed by atoms with Crippen molar-refractivity contribution < 1.29 is 27.9 Å². The summed E-state index contributed by atoms with van der Waals surface area (Å²) >= 11 is 1.18. The van der Waals surface area contributed by atoms with Gasteiger partial charge in [0, 0.05) is 18.0 Å². The van der Waals surface area contributed by atoms with E-state index in [2.05, 4.69) is 0 Å². The minimum absolute atomic E-state index is 0.0589. The lowest BCUT2D eigenvalue weighted by molar-refractivity contribution is -0.160. The van der Waals surface area contributed by atoms with E-state index in [4.69, 9.17) is 9.84 Å². The molecule has 1 N–H and O–H groups in total. The van der Waals surface area contributed by atoms with Crippen molar-refractivity contribution >= 4 is 33.2 Å². The number of sulfonamides is 1. The molecule has 0 saturated carbocycles. The van der Waals surface area contributed by atoms with Crippen LogP contribution in [0.25, 0.3) is 0 Å². The van der Waals surface area contributed by atoms with Crippen molar-refractivity contribution in [1.82, 2.24) is 9.21 Å². The number of carbonyl (C=O) groups excluding carboxylic acids is 1. The number of aliphatic carboxylic acids is 1. The first kappa shape index (κ1) is 18.3. The van der Waals surface area contributed by atoms with Gasteiger partial charge in [0.2, 0.25) is 5.91 Å². The zero-order valence-electron chi connectivity index (χ0n) is 13.8. The molecule has 1 amide bonds. The van der Waals surface area contributed by atoms with Gasteiger partial charge in [-0.2, -0.15) is 4.31 Å². The Morgan fingerprint density at radius 1 is 1.32 bits per heavy atom. The molecule has 8 nitrogen and oxygen atoms in total. The van der Waals surface area contributed by atoms with E-state index in [0.717, 1.165) is 4.88 Å². The number of ether oxygens (including phenoxy) is 1. The lowest BCUT2D eigenvalue weighted by atomic mass is 10.1. The fourth-order valence-electron chi connectivity index (χ4n) is 3.15. The third kappa shape index (κ3) is 3.57. The van der Waals surface area contributed by atoms with Crippen molar-refractivity contribution in [2.75, 3.05) is 26.2 Å². The number of hydrogen-bond acceptors (Lipinski definition) is 6. The topological polar surface area (TPSA) is 104 Å². The molecular weight excluding hydrogens is 368 g/mol. The van der Waals surface area contributed by atoms with Crippen molar-refractivity contribution in [2.24, 2.45) is 0 Å². The van der Waals surface area contributed by atoms with Gasteiger partial charge in [-0.05, 0) is 31.9 Å². The Hall–Kier alpha value is -1.49. The number of nitrogens with zero attached hydrogens (tertiary/aromatic N) is 2. The number of thiophene rings is 1. The van der Waals surface area contributed by atoms with Crippen LogP contribution in [0.15, 0.2) is 16.3 Å². The maximum Gasteiger partial charge on any atom is 0.334 e. The van der Waals surface area contributed by atoms with Crippen LogP contribution in [0, 0.1) is 6.92 Å². The number of carbonyl (C=O) groups is 2. The molecule has 2 atom stereocenters. The van der Waals surface area contributed by atoms with Crippen LogP contribution in [0.1, 0.15) is 17.7 Å². The van der Waals surface area contributed by atoms with Crippen molar-refractivity contribution in [1.29, 1.82) is 0 Å². The van der Waals surface area contributed by atoms with Gasteiger partial charge in [-0.1, -0.05) is 0 Å². The molecule has 2 aliphatic rings. The Morgan fingerprint density at radius 2 is 2.08 bits per heavy atom. The Bertz CT molecular complexity index is 775. The van der Waals surface area contributed by atoms with Gasteiger partial charge in [0.1, 0.15) is 10.3 Å². The molecule has 0 spiro atoms. The second kappa shape index (κ2) is 7.02. The molecule has 0 aliphatic carbocycles. The van der Waals surface area contributed by atoms with E-state index in [-0.39, 0.29) is 29.8 Å². The fourth-order valence-corrected chi connectivity index (χ4v) is 6.21. The monoisotopic (exact) mass is 388 g/mol. The first-order valence-corrected chi connectivity index (χ1v) is 10.3. The largest absolute Gasteiger partial charge is 0.479 e. The second-order valence-corrected chi connectivity index (χ2v) is 9.53. The van der Waals surface area contributed by atoms with E-state index < -0.39 is 28.1 Å². The Balaban J connectivity index is 1.79. The predicted molar refractivity (Wildman–Crippen MR) is 89.9 cm³/mol. The molecule has 0 aromatic carbocycles. The summed E-state index contributed by atoms with van der Waals surface area (Å²) in [6.45, 7) is 2.46. The molecule has 1 aromatic rings. The van der Waals surface area contributed by atoms with Gasteiger partial charge in [-0.3, -0.25) is 4.79 Å². The SMILES string of the molecule is Cc1ccc(S(=O)(=O)N2CCCC2C(=O)N2CCOC(C(=O)O)C2)s1. The van der Waals surface area contributed by atoms with Crippen LogP contribution in [0.4, 0.5) is 0 Å². The zero-order chi connectivity index (χ0) is 18.2. The molecule has 138 valence electrons. The van der Waals surface area contributed by atoms with E-state index in [0.29, 0.717) is 19.4 Å². The number of carboxylic acids is 1. The van der Waals surface area contributed by atoms with Gasteiger partial charge < -0.3 is 14.7 Å². The van der Waals surface area contributed by atoms with Gasteiger partial charge in [0.05, 0.1) is 13.2 Å². The molecule has 10 heteroatoms. The average molecular weight is 388 g/mol. The summed E-state index contributed by atoms with van der Waals surface area (Å²) < 4.78 is 32.3. The fraction of sp³-hybridized carbons (Fsp3) is 0.600. The summed E-state index contributed by atoms with van der Waals surface area (Å²) in [5.41, 5.74) is 0. The standard InChI is InChI=1S/C15H20N2O6S2/c1-10-4-5-13(24-10)25(21,22)17-6-2-3-11(17)14(18)16-7-8-23-12(9-16)15(19)20/h4-5,11-12H,2-3,6-9H2,1H3,(H,19,20). The summed E-state index contributed by atoms with van der Waals surface area (Å²) in [4.78, 5) is 26.2. The zero-order valence-corrected chi connectivity index (χ0v) is 15.4. The highest BCUT2D eigenvalue weighted by Gasteiger charge is 2.43. The summed E-state index contributed by atoms with van der Waals surface area (Å²) in [5, 5.41) is 9.07. The van der Waals surface area contributed by atoms with Crippen molar-refractivity contribution in [3.8, 4) is 0 Å². The molecule has 3 rings (SSSR count). The quantitative estimate of drug-likeness (QED) is 0.806. The summed E-state index contributed by atoms with van der Waals surface area (Å²) in [7, 11) is -3.72. The molecule has 2 unspecified atom stereocenters. The van der Waals surface area contributed by atoms with Crippen LogP contribution in [0.5, 0.6) is 0 Å². The summed E-state index contributed by atoms with van der Waals surface area (Å²) in [6, 6.07) is 2.52. The second-order valence-electron chi connectivity index (χ2n) is 6.12. The molecule has 2 fully saturated rings. The number of amides is 1. The third-order valence-corrected chi connectivity index (χ3v) is 7.80. The van der Waals surface area contributed by atoms with Crippen molar-refractivity contribution in [3.63, 3.8) is 0 Å². The number of carboxylic acid groups (broad SMARTS) is 1. The Morgan fingerprint density at radius 3 is 2.72 bits per heavy atom. The van der Waals surface area contributed by atoms with E-state index in [1.165, 1.54) is 20.5 Å². The first-order valence-electron chi connectivity index (χ1n) is 8.02. The van der Waals surface area contributed by atoms with Crippen LogP contribution < -0.4 is 0 Å². The molecule has 2 aliphatic heterocycles. The maximum absolute atomic E-state index is 12.9. The van der Waals surface area contributed by atoms with Crippen LogP contribution in [0.3, 0.4) is 0 Å². The van der Waals surface area contributed by atoms with Crippen molar-refractivity contribution in [3.05, 3.63) is 17.0 Å². The maximum atomic E-state index is 12.9. The number of aryl methyl sites for hydroxylation is 1. The highest BCUT2D eigenvalue weighted by molar-refractivity contribution is 7.91. The van der Waals surface area contributed by atoms with Crippen LogP contribution in [-0.2, 0) is 24.3 Å². The van der Waals surface area contributed by atoms with Crippen LogP contribution >= 0.6 is 11.3 Å². The molecule has 2 saturated heterocycles. The molecule has 0 radical (unpaired) electrons. The number of morpholine rings is 1. The van der Waals surface area contributed by atoms with E-state index in [9.17, 15) is 18.0 Å². The van der Waals surface area contributed by atoms with Crippen LogP contribution in [0.2, 0.25) is 0 Å². The van der Waals surface area contributed by atoms with Gasteiger partial charge in [-0.25, -0.2) is 13.2 Å². The van der Waals surface area contributed by atoms with Gasteiger partial charge in [-0.15, -0.1) is 11.3 Å². The smallest absolute Gasteiger partial charge is 0.334 e. The van der Waals surface area contributed by atoms with Gasteiger partial charge in [0.15, 0.2) is 6.10 Å². The number of hydrogen-bond donors (Lipinski definition) is 1. The van der Waals surface area contributed by atoms with Crippen LogP contribution in [-0.4, -0.2) is 73.0 Å². The Labute approximate surface area is 150 Å². The molecule has 1 aromatic heterocycles. The minimum atomic E-state index is -3.72. The molecular formula is C15H20N2O6S2. The Kier molecular flexibility index (Phi) is 5.14. The lowest BCUT2D eigenvalue weighted by Gasteiger charge is -2.34. The third-order valence-electron chi connectivity index (χ3n) is 4.42. The average Bonchev–Trinajstić information content (AvgIpc) is 3.23.